The number of ether oxygens (including phenoxy) is 2. The molecule has 0 saturated carbocycles. The topological polar surface area (TPSA) is 316 Å². The molecule has 14 N–H and O–H groups in total. The molecule has 0 saturated heterocycles. The van der Waals surface area contributed by atoms with Gasteiger partial charge in [-0.3, -0.25) is 28.1 Å². The normalized spacial score (nSPS) is 12.8. The van der Waals surface area contributed by atoms with Crippen molar-refractivity contribution < 1.29 is 28.7 Å². The molecule has 0 radical (unpaired) electrons. The number of anilines is 2. The molecule has 2 atom stereocenters. The van der Waals surface area contributed by atoms with Crippen molar-refractivity contribution in [3.8, 4) is 22.6 Å². The van der Waals surface area contributed by atoms with Crippen LogP contribution >= 0.6 is 0 Å². The van der Waals surface area contributed by atoms with Crippen molar-refractivity contribution in [2.24, 2.45) is 54.9 Å². The Labute approximate surface area is 436 Å². The van der Waals surface area contributed by atoms with Gasteiger partial charge in [0.1, 0.15) is 34.2 Å². The summed E-state index contributed by atoms with van der Waals surface area (Å²) < 4.78 is 12.4. The Bertz CT molecular complexity index is 2340. The van der Waals surface area contributed by atoms with Gasteiger partial charge in [-0.15, -0.1) is 0 Å². The maximum atomic E-state index is 13.7. The number of nitrogens with two attached hydrogens (primary N) is 6. The highest BCUT2D eigenvalue weighted by Gasteiger charge is 2.33. The average Bonchev–Trinajstić information content (AvgIpc) is 3.39. The van der Waals surface area contributed by atoms with Crippen LogP contribution in [0.25, 0.3) is 11.1 Å². The summed E-state index contributed by atoms with van der Waals surface area (Å²) in [5.41, 5.74) is 42.5. The Balaban J connectivity index is 1.54. The van der Waals surface area contributed by atoms with E-state index in [-0.39, 0.29) is 0 Å². The van der Waals surface area contributed by atoms with Crippen molar-refractivity contribution in [3.05, 3.63) is 83.9 Å². The molecule has 0 heterocycles. The van der Waals surface area contributed by atoms with Crippen molar-refractivity contribution in [1.29, 1.82) is 0 Å². The van der Waals surface area contributed by atoms with E-state index >= 15 is 0 Å². The third-order valence-corrected chi connectivity index (χ3v) is 13.3. The number of Topliss-reactive ketones (excluding diaryl/α,β-unsaturated/α-hetero) is 2. The summed E-state index contributed by atoms with van der Waals surface area (Å²) in [4.78, 5) is 53.3. The van der Waals surface area contributed by atoms with Crippen LogP contribution in [0.15, 0.2) is 93.3 Å². The van der Waals surface area contributed by atoms with Gasteiger partial charge in [0.15, 0.2) is 11.6 Å². The fraction of sp³-hybridized carbons (Fsp3) is 0.481. The molecule has 4 aromatic rings. The molecule has 4 rings (SSSR count). The second kappa shape index (κ2) is 30.1. The van der Waals surface area contributed by atoms with Gasteiger partial charge in [-0.1, -0.05) is 12.1 Å². The number of hydrogen-bond acceptors (Lipinski definition) is 16. The zero-order valence-corrected chi connectivity index (χ0v) is 44.4. The average molecular weight is 1020 g/mol. The van der Waals surface area contributed by atoms with Crippen LogP contribution < -0.4 is 63.5 Å². The molecule has 0 spiro atoms. The Morgan fingerprint density at radius 3 is 1.05 bits per heavy atom. The number of nitrogens with zero attached hydrogens (tertiary/aromatic N) is 6. The lowest BCUT2D eigenvalue weighted by atomic mass is 9.99. The van der Waals surface area contributed by atoms with Gasteiger partial charge in [0.25, 0.3) is 11.8 Å². The number of ketones is 2. The molecule has 74 heavy (non-hydrogen) atoms. The molecule has 0 bridgehead atoms. The number of carbonyl (C=O) groups is 4. The first-order chi connectivity index (χ1) is 35.6. The first-order valence-corrected chi connectivity index (χ1v) is 25.6. The van der Waals surface area contributed by atoms with E-state index < -0.39 is 35.5 Å². The van der Waals surface area contributed by atoms with Crippen molar-refractivity contribution in [2.45, 2.75) is 78.3 Å². The number of nitrogens with one attached hydrogen (secondary N) is 2. The fourth-order valence-electron chi connectivity index (χ4n) is 9.16. The third kappa shape index (κ3) is 16.3. The van der Waals surface area contributed by atoms with Crippen molar-refractivity contribution in [1.82, 2.24) is 8.97 Å². The van der Waals surface area contributed by atoms with Gasteiger partial charge in [-0.05, 0) is 126 Å². The minimum absolute atomic E-state index is 0.373. The zero-order valence-electron chi connectivity index (χ0n) is 44.4. The monoisotopic (exact) mass is 1020 g/mol. The number of carbonyl (C=O) groups excluding carboxylic acids is 4. The smallest absolute Gasteiger partial charge is 0.258 e. The second-order valence-corrected chi connectivity index (χ2v) is 18.7. The lowest BCUT2D eigenvalue weighted by molar-refractivity contribution is -0.127. The van der Waals surface area contributed by atoms with E-state index in [1.807, 2.05) is 74.5 Å². The van der Waals surface area contributed by atoms with Crippen LogP contribution in [0, 0.1) is 13.8 Å². The molecular weight excluding hydrogens is 941 g/mol. The van der Waals surface area contributed by atoms with E-state index in [9.17, 15) is 19.2 Å². The molecule has 0 aliphatic heterocycles. The second-order valence-electron chi connectivity index (χ2n) is 18.7. The van der Waals surface area contributed by atoms with E-state index in [2.05, 4.69) is 31.1 Å². The first kappa shape index (κ1) is 60.2. The van der Waals surface area contributed by atoms with Gasteiger partial charge in [0, 0.05) is 74.2 Å². The van der Waals surface area contributed by atoms with Gasteiger partial charge in [0.2, 0.25) is 12.1 Å². The van der Waals surface area contributed by atoms with E-state index in [0.717, 1.165) is 111 Å². The predicted octanol–water partition coefficient (Wildman–Crippen LogP) is 6.06. The molecule has 0 aromatic heterocycles. The molecule has 2 unspecified atom stereocenters. The van der Waals surface area contributed by atoms with Crippen molar-refractivity contribution in [2.75, 3.05) is 103 Å². The molecule has 0 aliphatic carbocycles. The van der Waals surface area contributed by atoms with Crippen LogP contribution in [0.2, 0.25) is 0 Å². The van der Waals surface area contributed by atoms with Gasteiger partial charge in [-0.2, -0.15) is 20.5 Å². The highest BCUT2D eigenvalue weighted by Crippen LogP contribution is 2.38. The maximum absolute atomic E-state index is 13.7. The molecule has 402 valence electrons. The molecular formula is C54H82N14O6+2. The van der Waals surface area contributed by atoms with Crippen LogP contribution in [-0.2, 0) is 19.2 Å². The summed E-state index contributed by atoms with van der Waals surface area (Å²) in [6.45, 7) is 14.1. The van der Waals surface area contributed by atoms with E-state index in [1.54, 1.807) is 12.1 Å². The largest absolute Gasteiger partial charge is 0.494 e. The number of azo groups is 2. The van der Waals surface area contributed by atoms with Gasteiger partial charge >= 0.3 is 0 Å². The number of hydrogen-bond donors (Lipinski definition) is 8. The van der Waals surface area contributed by atoms with Crippen LogP contribution in [0.5, 0.6) is 11.5 Å². The van der Waals surface area contributed by atoms with Crippen molar-refractivity contribution in [3.63, 3.8) is 0 Å². The van der Waals surface area contributed by atoms with Crippen LogP contribution in [0.1, 0.15) is 63.5 Å². The number of quaternary nitrogens is 2. The number of rotatable bonds is 33. The lowest BCUT2D eigenvalue weighted by Crippen LogP contribution is -2.52. The number of aryl methyl sites for hydroxylation is 2. The standard InChI is InChI=1S/C54H80N14O6/c1-37-33-41(13-17-45(37)61-53(71)51(39(3)69)65-63-47-35-43(15-19-49(47)73-5)67(27-7-21-55,28-8-22-56)29-9-23-57)42-14-18-46(38(2)34-42)62-54(72)52(40(4)70)66-64-48-36-44(16-20-50(48)74-6)68(30-10-24-58,31-11-25-59)32-12-26-60/h13-20,33-36,51-52H,7-12,21-32,55-60H2,1-6H3/p+2. The molecule has 2 amide bonds. The predicted molar refractivity (Wildman–Crippen MR) is 297 cm³/mol. The van der Waals surface area contributed by atoms with Crippen molar-refractivity contribution >= 4 is 57.5 Å². The molecule has 20 nitrogen and oxygen atoms in total. The molecule has 0 fully saturated rings. The number of benzene rings is 4. The first-order valence-electron chi connectivity index (χ1n) is 25.6. The summed E-state index contributed by atoms with van der Waals surface area (Å²) >= 11 is 0. The Morgan fingerprint density at radius 2 is 0.797 bits per heavy atom. The number of methoxy groups -OCH3 is 2. The van der Waals surface area contributed by atoms with E-state index in [4.69, 9.17) is 43.9 Å². The molecule has 4 aromatic carbocycles. The molecule has 20 heteroatoms. The van der Waals surface area contributed by atoms with Gasteiger partial charge in [-0.25, -0.2) is 0 Å². The zero-order chi connectivity index (χ0) is 54.3. The summed E-state index contributed by atoms with van der Waals surface area (Å²) in [5, 5.41) is 23.1. The third-order valence-electron chi connectivity index (χ3n) is 13.3. The summed E-state index contributed by atoms with van der Waals surface area (Å²) in [5.74, 6) is -1.41. The minimum atomic E-state index is -1.44. The van der Waals surface area contributed by atoms with E-state index in [0.29, 0.717) is 82.5 Å². The van der Waals surface area contributed by atoms with Crippen LogP contribution in [0.3, 0.4) is 0 Å². The summed E-state index contributed by atoms with van der Waals surface area (Å²) in [6, 6.07) is 19.5. The van der Waals surface area contributed by atoms with Crippen LogP contribution in [0.4, 0.5) is 34.1 Å². The summed E-state index contributed by atoms with van der Waals surface area (Å²) in [7, 11) is 3.04. The Kier molecular flexibility index (Phi) is 24.5. The Hall–Kier alpha value is -6.36. The van der Waals surface area contributed by atoms with Crippen LogP contribution in [-0.4, -0.2) is 128 Å². The van der Waals surface area contributed by atoms with E-state index in [1.165, 1.54) is 28.1 Å². The molecule has 0 aliphatic rings. The highest BCUT2D eigenvalue weighted by molar-refractivity contribution is 6.11. The Morgan fingerprint density at radius 1 is 0.486 bits per heavy atom. The number of amides is 2. The van der Waals surface area contributed by atoms with Gasteiger partial charge in [0.05, 0.1) is 53.5 Å². The fourth-order valence-corrected chi connectivity index (χ4v) is 9.16. The lowest BCUT2D eigenvalue weighted by Gasteiger charge is -2.38. The SMILES string of the molecule is COc1ccc([N+](CCCN)(CCCN)CCCN)cc1N=NC(C(C)=O)C(=O)Nc1ccc(-c2ccc(NC(=O)C(N=Nc3cc([N+](CCCN)(CCCN)CCCN)ccc3OC)C(C)=O)c(C)c2)cc1C. The highest BCUT2D eigenvalue weighted by atomic mass is 16.5. The van der Waals surface area contributed by atoms with Gasteiger partial charge < -0.3 is 54.5 Å². The quantitative estimate of drug-likeness (QED) is 0.0154. The minimum Gasteiger partial charge on any atom is -0.494 e. The summed E-state index contributed by atoms with van der Waals surface area (Å²) in [6.07, 6.45) is 4.72. The maximum Gasteiger partial charge on any atom is 0.258 e.